The Morgan fingerprint density at radius 1 is 1.03 bits per heavy atom. The van der Waals surface area contributed by atoms with Gasteiger partial charge in [-0.25, -0.2) is 9.98 Å². The normalized spacial score (nSPS) is 16.1. The third-order valence-electron chi connectivity index (χ3n) is 6.02. The van der Waals surface area contributed by atoms with Gasteiger partial charge in [0.15, 0.2) is 5.82 Å². The molecular formula is C27H37N3. The molecule has 3 nitrogen and oxygen atoms in total. The van der Waals surface area contributed by atoms with Gasteiger partial charge in [-0.05, 0) is 74.3 Å². The first-order chi connectivity index (χ1) is 14.7. The fraction of sp³-hybridized carbons (Fsp3) is 0.519. The molecule has 0 saturated heterocycles. The zero-order valence-corrected chi connectivity index (χ0v) is 19.0. The van der Waals surface area contributed by atoms with E-state index in [0.29, 0.717) is 6.04 Å². The molecule has 3 heteroatoms. The van der Waals surface area contributed by atoms with Gasteiger partial charge in [-0.1, -0.05) is 63.8 Å². The number of hydrogen-bond acceptors (Lipinski definition) is 3. The van der Waals surface area contributed by atoms with Crippen LogP contribution in [0.1, 0.15) is 88.3 Å². The number of aromatic nitrogens is 1. The summed E-state index contributed by atoms with van der Waals surface area (Å²) < 4.78 is 0. The molecule has 0 unspecified atom stereocenters. The molecule has 0 radical (unpaired) electrons. The van der Waals surface area contributed by atoms with E-state index in [1.54, 1.807) is 0 Å². The summed E-state index contributed by atoms with van der Waals surface area (Å²) in [6.45, 7) is 6.53. The highest BCUT2D eigenvalue weighted by atomic mass is 14.9. The van der Waals surface area contributed by atoms with Gasteiger partial charge >= 0.3 is 0 Å². The predicted molar refractivity (Wildman–Crippen MR) is 129 cm³/mol. The Balaban J connectivity index is 1.73. The van der Waals surface area contributed by atoms with E-state index in [1.807, 2.05) is 12.3 Å². The minimum Gasteiger partial charge on any atom is -0.291 e. The van der Waals surface area contributed by atoms with Crippen LogP contribution < -0.4 is 0 Å². The summed E-state index contributed by atoms with van der Waals surface area (Å²) in [6, 6.07) is 13.5. The lowest BCUT2D eigenvalue weighted by molar-refractivity contribution is 0.442. The molecule has 0 atom stereocenters. The first-order valence-electron chi connectivity index (χ1n) is 11.8. The molecule has 30 heavy (non-hydrogen) atoms. The number of nitrogens with zero attached hydrogens (tertiary/aromatic N) is 3. The van der Waals surface area contributed by atoms with E-state index in [-0.39, 0.29) is 0 Å². The van der Waals surface area contributed by atoms with Gasteiger partial charge in [-0.2, -0.15) is 0 Å². The van der Waals surface area contributed by atoms with Gasteiger partial charge in [-0.3, -0.25) is 4.99 Å². The molecule has 1 fully saturated rings. The smallest absolute Gasteiger partial charge is 0.154 e. The van der Waals surface area contributed by atoms with Crippen molar-refractivity contribution in [2.45, 2.75) is 91.0 Å². The molecule has 0 spiro atoms. The van der Waals surface area contributed by atoms with E-state index in [9.17, 15) is 0 Å². The van der Waals surface area contributed by atoms with E-state index in [4.69, 9.17) is 9.98 Å². The summed E-state index contributed by atoms with van der Waals surface area (Å²) in [5.74, 6) is 0.833. The second-order valence-electron chi connectivity index (χ2n) is 8.49. The fourth-order valence-electron chi connectivity index (χ4n) is 4.22. The van der Waals surface area contributed by atoms with Crippen LogP contribution in [0.3, 0.4) is 0 Å². The topological polar surface area (TPSA) is 37.6 Å². The molecule has 1 heterocycles. The van der Waals surface area contributed by atoms with Crippen LogP contribution in [0.25, 0.3) is 0 Å². The van der Waals surface area contributed by atoms with Crippen molar-refractivity contribution in [2.24, 2.45) is 9.98 Å². The molecule has 0 bridgehead atoms. The molecule has 1 aliphatic rings. The lowest BCUT2D eigenvalue weighted by atomic mass is 9.95. The first-order valence-corrected chi connectivity index (χ1v) is 11.8. The van der Waals surface area contributed by atoms with Crippen molar-refractivity contribution in [2.75, 3.05) is 0 Å². The number of aryl methyl sites for hydroxylation is 2. The minimum absolute atomic E-state index is 0.574. The van der Waals surface area contributed by atoms with Crippen LogP contribution in [0.15, 0.2) is 52.6 Å². The average Bonchev–Trinajstić information content (AvgIpc) is 2.78. The number of rotatable bonds is 9. The Bertz CT molecular complexity index is 860. The van der Waals surface area contributed by atoms with E-state index >= 15 is 0 Å². The van der Waals surface area contributed by atoms with Gasteiger partial charge in [0.05, 0.1) is 5.71 Å². The SMILES string of the molecule is CCC/C(=N/c1ncccc1C)c1cccc(CCC(CC)=NC2CCCCC2)c1. The Morgan fingerprint density at radius 2 is 1.87 bits per heavy atom. The summed E-state index contributed by atoms with van der Waals surface area (Å²) in [4.78, 5) is 14.5. The van der Waals surface area contributed by atoms with Crippen LogP contribution in [0.5, 0.6) is 0 Å². The Morgan fingerprint density at radius 3 is 2.60 bits per heavy atom. The van der Waals surface area contributed by atoms with E-state index < -0.39 is 0 Å². The zero-order valence-electron chi connectivity index (χ0n) is 19.0. The number of benzene rings is 1. The summed E-state index contributed by atoms with van der Waals surface area (Å²) in [5.41, 5.74) is 6.24. The lowest BCUT2D eigenvalue weighted by Crippen LogP contribution is -2.13. The van der Waals surface area contributed by atoms with Crippen molar-refractivity contribution in [3.05, 3.63) is 59.3 Å². The molecule has 0 N–H and O–H groups in total. The van der Waals surface area contributed by atoms with E-state index in [2.05, 4.69) is 56.1 Å². The fourth-order valence-corrected chi connectivity index (χ4v) is 4.22. The molecular weight excluding hydrogens is 366 g/mol. The molecule has 1 aromatic carbocycles. The Hall–Kier alpha value is -2.29. The van der Waals surface area contributed by atoms with Gasteiger partial charge in [0.2, 0.25) is 0 Å². The lowest BCUT2D eigenvalue weighted by Gasteiger charge is -2.19. The predicted octanol–water partition coefficient (Wildman–Crippen LogP) is 7.43. The molecule has 1 aromatic heterocycles. The van der Waals surface area contributed by atoms with Crippen molar-refractivity contribution in [1.82, 2.24) is 4.98 Å². The van der Waals surface area contributed by atoms with Gasteiger partial charge in [-0.15, -0.1) is 0 Å². The standard InChI is InChI=1S/C27H37N3/c1-4-11-26(30-27-21(3)12-10-19-28-27)23-14-9-13-22(20-23)17-18-24(5-2)29-25-15-7-6-8-16-25/h9-10,12-14,19-20,25H,4-8,11,15-18H2,1-3H3/b29-24?,30-26-. The van der Waals surface area contributed by atoms with Crippen LogP contribution in [-0.2, 0) is 6.42 Å². The second kappa shape index (κ2) is 11.8. The molecule has 1 saturated carbocycles. The summed E-state index contributed by atoms with van der Waals surface area (Å²) in [7, 11) is 0. The maximum atomic E-state index is 5.11. The van der Waals surface area contributed by atoms with Gasteiger partial charge in [0.25, 0.3) is 0 Å². The monoisotopic (exact) mass is 403 g/mol. The third-order valence-corrected chi connectivity index (χ3v) is 6.02. The quantitative estimate of drug-likeness (QED) is 0.401. The molecule has 0 aliphatic heterocycles. The molecule has 3 rings (SSSR count). The van der Waals surface area contributed by atoms with Gasteiger partial charge in [0, 0.05) is 18.0 Å². The molecule has 2 aromatic rings. The number of hydrogen-bond donors (Lipinski definition) is 0. The Labute approximate surface area is 182 Å². The van der Waals surface area contributed by atoms with Crippen LogP contribution in [0, 0.1) is 6.92 Å². The largest absolute Gasteiger partial charge is 0.291 e. The van der Waals surface area contributed by atoms with Crippen LogP contribution in [-0.4, -0.2) is 22.4 Å². The first kappa shape index (κ1) is 22.4. The highest BCUT2D eigenvalue weighted by molar-refractivity contribution is 6.02. The summed E-state index contributed by atoms with van der Waals surface area (Å²) in [6.07, 6.45) is 13.7. The molecule has 0 amide bonds. The number of pyridine rings is 1. The minimum atomic E-state index is 0.574. The van der Waals surface area contributed by atoms with Crippen LogP contribution >= 0.6 is 0 Å². The molecule has 160 valence electrons. The molecule has 1 aliphatic carbocycles. The maximum Gasteiger partial charge on any atom is 0.154 e. The van der Waals surface area contributed by atoms with Crippen molar-refractivity contribution < 1.29 is 0 Å². The van der Waals surface area contributed by atoms with Gasteiger partial charge in [0.1, 0.15) is 0 Å². The summed E-state index contributed by atoms with van der Waals surface area (Å²) >= 11 is 0. The highest BCUT2D eigenvalue weighted by Crippen LogP contribution is 2.22. The van der Waals surface area contributed by atoms with Crippen molar-refractivity contribution in [1.29, 1.82) is 0 Å². The van der Waals surface area contributed by atoms with Crippen molar-refractivity contribution >= 4 is 17.2 Å². The average molecular weight is 404 g/mol. The van der Waals surface area contributed by atoms with E-state index in [1.165, 1.54) is 48.9 Å². The maximum absolute atomic E-state index is 5.11. The summed E-state index contributed by atoms with van der Waals surface area (Å²) in [5, 5.41) is 0. The number of aliphatic imine (C=N–C) groups is 2. The van der Waals surface area contributed by atoms with Gasteiger partial charge < -0.3 is 0 Å². The van der Waals surface area contributed by atoms with Crippen LogP contribution in [0.2, 0.25) is 0 Å². The second-order valence-corrected chi connectivity index (χ2v) is 8.49. The van der Waals surface area contributed by atoms with E-state index in [0.717, 1.165) is 49.2 Å². The third kappa shape index (κ3) is 6.62. The zero-order chi connectivity index (χ0) is 21.2. The highest BCUT2D eigenvalue weighted by Gasteiger charge is 2.13. The van der Waals surface area contributed by atoms with Crippen molar-refractivity contribution in [3.63, 3.8) is 0 Å². The van der Waals surface area contributed by atoms with Crippen LogP contribution in [0.4, 0.5) is 5.82 Å². The van der Waals surface area contributed by atoms with Crippen molar-refractivity contribution in [3.8, 4) is 0 Å². The Kier molecular flexibility index (Phi) is 8.80.